The zero-order valence-corrected chi connectivity index (χ0v) is 17.8. The van der Waals surface area contributed by atoms with Crippen LogP contribution in [0.1, 0.15) is 29.8 Å². The van der Waals surface area contributed by atoms with Crippen LogP contribution < -0.4 is 4.74 Å². The quantitative estimate of drug-likeness (QED) is 0.639. The number of carbonyl (C=O) groups excluding carboxylic acids is 2. The van der Waals surface area contributed by atoms with Crippen LogP contribution in [0.3, 0.4) is 0 Å². The molecule has 0 bridgehead atoms. The molecule has 0 radical (unpaired) electrons. The van der Waals surface area contributed by atoms with Crippen molar-refractivity contribution in [2.24, 2.45) is 4.99 Å². The highest BCUT2D eigenvalue weighted by Crippen LogP contribution is 2.41. The van der Waals surface area contributed by atoms with Crippen LogP contribution in [0.15, 0.2) is 69.8 Å². The summed E-state index contributed by atoms with van der Waals surface area (Å²) in [6.45, 7) is 3.90. The number of phenols is 1. The van der Waals surface area contributed by atoms with Gasteiger partial charge < -0.3 is 19.7 Å². The van der Waals surface area contributed by atoms with Crippen molar-refractivity contribution in [1.29, 1.82) is 0 Å². The molecule has 0 fully saturated rings. The second kappa shape index (κ2) is 9.99. The largest absolute Gasteiger partial charge is 0.506 e. The number of thioether (sulfide) groups is 1. The predicted octanol–water partition coefficient (Wildman–Crippen LogP) is 4.49. The zero-order valence-electron chi connectivity index (χ0n) is 17.0. The minimum atomic E-state index is -0.789. The Hall–Kier alpha value is -3.52. The fourth-order valence-electron chi connectivity index (χ4n) is 2.80. The number of phenolic OH excluding ortho intramolecular Hbond substituents is 1. The molecule has 0 saturated carbocycles. The highest BCUT2D eigenvalue weighted by Gasteiger charge is 2.34. The molecule has 0 atom stereocenters. The van der Waals surface area contributed by atoms with E-state index in [1.807, 2.05) is 0 Å². The van der Waals surface area contributed by atoms with Gasteiger partial charge in [0.25, 0.3) is 5.91 Å². The van der Waals surface area contributed by atoms with Crippen LogP contribution in [0.5, 0.6) is 11.5 Å². The number of aliphatic imine (C=N–C) groups is 1. The highest BCUT2D eigenvalue weighted by molar-refractivity contribution is 8.18. The average molecular weight is 439 g/mol. The molecule has 3 rings (SSSR count). The van der Waals surface area contributed by atoms with Gasteiger partial charge in [-0.05, 0) is 38.1 Å². The van der Waals surface area contributed by atoms with Crippen molar-refractivity contribution < 1.29 is 29.3 Å². The molecule has 0 aliphatic carbocycles. The summed E-state index contributed by atoms with van der Waals surface area (Å²) >= 11 is 0.940. The monoisotopic (exact) mass is 439 g/mol. The van der Waals surface area contributed by atoms with Gasteiger partial charge in [-0.2, -0.15) is 0 Å². The summed E-state index contributed by atoms with van der Waals surface area (Å²) in [6.07, 6.45) is 1.49. The van der Waals surface area contributed by atoms with Crippen molar-refractivity contribution in [2.75, 3.05) is 13.2 Å². The number of amides is 1. The Labute approximate surface area is 183 Å². The van der Waals surface area contributed by atoms with E-state index in [0.29, 0.717) is 23.5 Å². The lowest BCUT2D eigenvalue weighted by atomic mass is 10.1. The number of hydrogen-bond acceptors (Lipinski definition) is 7. The molecule has 31 heavy (non-hydrogen) atoms. The van der Waals surface area contributed by atoms with Crippen molar-refractivity contribution in [3.8, 4) is 11.5 Å². The Morgan fingerprint density at radius 3 is 2.45 bits per heavy atom. The average Bonchev–Trinajstić information content (AvgIpc) is 3.06. The lowest BCUT2D eigenvalue weighted by Crippen LogP contribution is -2.14. The van der Waals surface area contributed by atoms with Gasteiger partial charge in [0.05, 0.1) is 18.1 Å². The standard InChI is InChI=1S/C23H21NO6S/c1-3-29-16-12-8-11-15(19(16)25)13-17-20(26)18(23(28)30-4-2)22(31-17)24-21(27)14-9-6-5-7-10-14/h5-13,25-26H,3-4H2,1-2H3/b17-13-,24-22?. The highest BCUT2D eigenvalue weighted by atomic mass is 32.2. The van der Waals surface area contributed by atoms with Crippen molar-refractivity contribution in [2.45, 2.75) is 13.8 Å². The molecule has 7 nitrogen and oxygen atoms in total. The van der Waals surface area contributed by atoms with Crippen molar-refractivity contribution in [3.63, 3.8) is 0 Å². The van der Waals surface area contributed by atoms with E-state index in [9.17, 15) is 19.8 Å². The molecule has 1 aliphatic rings. The number of benzene rings is 2. The predicted molar refractivity (Wildman–Crippen MR) is 119 cm³/mol. The molecular weight excluding hydrogens is 418 g/mol. The number of rotatable bonds is 6. The van der Waals surface area contributed by atoms with Crippen LogP contribution in [-0.2, 0) is 9.53 Å². The Morgan fingerprint density at radius 1 is 1.03 bits per heavy atom. The molecule has 0 saturated heterocycles. The first-order valence-corrected chi connectivity index (χ1v) is 10.4. The summed E-state index contributed by atoms with van der Waals surface area (Å²) in [5.74, 6) is -1.53. The lowest BCUT2D eigenvalue weighted by molar-refractivity contribution is -0.138. The van der Waals surface area contributed by atoms with Gasteiger partial charge in [-0.25, -0.2) is 9.79 Å². The number of nitrogens with zero attached hydrogens (tertiary/aromatic N) is 1. The van der Waals surface area contributed by atoms with Gasteiger partial charge in [-0.3, -0.25) is 4.79 Å². The summed E-state index contributed by atoms with van der Waals surface area (Å²) in [5.41, 5.74) is 0.527. The van der Waals surface area contributed by atoms with Gasteiger partial charge in [0.15, 0.2) is 11.5 Å². The number of carbonyl (C=O) groups is 2. The minimum absolute atomic E-state index is 0.0245. The molecule has 8 heteroatoms. The molecular formula is C23H21NO6S. The van der Waals surface area contributed by atoms with E-state index >= 15 is 0 Å². The smallest absolute Gasteiger partial charge is 0.344 e. The van der Waals surface area contributed by atoms with Crippen LogP contribution in [-0.4, -0.2) is 40.3 Å². The molecule has 1 heterocycles. The minimum Gasteiger partial charge on any atom is -0.506 e. The maximum atomic E-state index is 12.5. The summed E-state index contributed by atoms with van der Waals surface area (Å²) < 4.78 is 10.4. The number of esters is 1. The molecule has 0 spiro atoms. The van der Waals surface area contributed by atoms with E-state index in [1.54, 1.807) is 62.4 Å². The first-order chi connectivity index (χ1) is 15.0. The van der Waals surface area contributed by atoms with Gasteiger partial charge in [0.2, 0.25) is 0 Å². The summed E-state index contributed by atoms with van der Waals surface area (Å²) in [6, 6.07) is 13.3. The van der Waals surface area contributed by atoms with Crippen LogP contribution >= 0.6 is 11.8 Å². The first-order valence-electron chi connectivity index (χ1n) is 9.59. The fraction of sp³-hybridized carbons (Fsp3) is 0.174. The van der Waals surface area contributed by atoms with E-state index in [-0.39, 0.29) is 33.6 Å². The van der Waals surface area contributed by atoms with E-state index in [1.165, 1.54) is 6.08 Å². The molecule has 2 aromatic carbocycles. The lowest BCUT2D eigenvalue weighted by Gasteiger charge is -2.08. The molecule has 1 amide bonds. The normalized spacial score (nSPS) is 16.1. The molecule has 2 aromatic rings. The first kappa shape index (κ1) is 22.2. The summed E-state index contributed by atoms with van der Waals surface area (Å²) in [7, 11) is 0. The number of aromatic hydroxyl groups is 1. The topological polar surface area (TPSA) is 105 Å². The van der Waals surface area contributed by atoms with E-state index < -0.39 is 11.9 Å². The third kappa shape index (κ3) is 4.97. The number of para-hydroxylation sites is 1. The number of hydrogen-bond donors (Lipinski definition) is 2. The maximum absolute atomic E-state index is 12.5. The third-order valence-electron chi connectivity index (χ3n) is 4.21. The Morgan fingerprint density at radius 2 is 1.77 bits per heavy atom. The Kier molecular flexibility index (Phi) is 7.15. The number of aliphatic hydroxyl groups is 1. The Bertz CT molecular complexity index is 1090. The van der Waals surface area contributed by atoms with Crippen molar-refractivity contribution in [3.05, 3.63) is 75.9 Å². The number of aliphatic hydroxyl groups excluding tert-OH is 1. The van der Waals surface area contributed by atoms with Gasteiger partial charge in [-0.15, -0.1) is 0 Å². The second-order valence-electron chi connectivity index (χ2n) is 6.27. The van der Waals surface area contributed by atoms with Crippen LogP contribution in [0, 0.1) is 0 Å². The zero-order chi connectivity index (χ0) is 22.4. The van der Waals surface area contributed by atoms with Gasteiger partial charge in [0.1, 0.15) is 16.4 Å². The van der Waals surface area contributed by atoms with Crippen LogP contribution in [0.25, 0.3) is 6.08 Å². The molecule has 1 aliphatic heterocycles. The number of ether oxygens (including phenoxy) is 2. The molecule has 160 valence electrons. The van der Waals surface area contributed by atoms with Crippen LogP contribution in [0.2, 0.25) is 0 Å². The molecule has 2 N–H and O–H groups in total. The van der Waals surface area contributed by atoms with E-state index in [4.69, 9.17) is 9.47 Å². The fourth-order valence-corrected chi connectivity index (χ4v) is 3.80. The van der Waals surface area contributed by atoms with Crippen molar-refractivity contribution >= 4 is 34.8 Å². The van der Waals surface area contributed by atoms with Gasteiger partial charge >= 0.3 is 5.97 Å². The summed E-state index contributed by atoms with van der Waals surface area (Å²) in [5, 5.41) is 21.2. The van der Waals surface area contributed by atoms with Gasteiger partial charge in [0, 0.05) is 11.1 Å². The Balaban J connectivity index is 2.03. The van der Waals surface area contributed by atoms with E-state index in [0.717, 1.165) is 11.8 Å². The van der Waals surface area contributed by atoms with E-state index in [2.05, 4.69) is 4.99 Å². The SMILES string of the molecule is CCOC(=O)C1=C(O)/C(=C/c2cccc(OCC)c2O)SC1=NC(=O)c1ccccc1. The van der Waals surface area contributed by atoms with Crippen molar-refractivity contribution in [1.82, 2.24) is 0 Å². The molecule has 0 aromatic heterocycles. The molecule has 0 unspecified atom stereocenters. The maximum Gasteiger partial charge on any atom is 0.344 e. The second-order valence-corrected chi connectivity index (χ2v) is 7.30. The third-order valence-corrected chi connectivity index (χ3v) is 5.23. The summed E-state index contributed by atoms with van der Waals surface area (Å²) in [4.78, 5) is 29.3. The van der Waals surface area contributed by atoms with Crippen LogP contribution in [0.4, 0.5) is 0 Å². The van der Waals surface area contributed by atoms with Gasteiger partial charge in [-0.1, -0.05) is 42.1 Å².